The van der Waals surface area contributed by atoms with Gasteiger partial charge in [0.15, 0.2) is 5.66 Å². The summed E-state index contributed by atoms with van der Waals surface area (Å²) in [4.78, 5) is 22.3. The number of hydrogen-bond donors (Lipinski definition) is 1. The predicted octanol–water partition coefficient (Wildman–Crippen LogP) is 2.57. The van der Waals surface area contributed by atoms with Gasteiger partial charge in [0.25, 0.3) is 5.91 Å². The Labute approximate surface area is 116 Å². The van der Waals surface area contributed by atoms with Gasteiger partial charge in [0.2, 0.25) is 0 Å². The molecule has 1 amide bonds. The Bertz CT molecular complexity index is 483. The summed E-state index contributed by atoms with van der Waals surface area (Å²) < 4.78 is 0. The van der Waals surface area contributed by atoms with Gasteiger partial charge in [-0.1, -0.05) is 6.92 Å². The predicted molar refractivity (Wildman–Crippen MR) is 81.1 cm³/mol. The number of imidazole rings is 1. The van der Waals surface area contributed by atoms with Gasteiger partial charge in [0.1, 0.15) is 5.82 Å². The second kappa shape index (κ2) is 5.87. The Kier molecular flexibility index (Phi) is 4.41. The smallest absolute Gasteiger partial charge is 0.270 e. The second-order valence-corrected chi connectivity index (χ2v) is 7.56. The van der Waals surface area contributed by atoms with Crippen LogP contribution in [-0.4, -0.2) is 45.9 Å². The molecule has 1 aromatic rings. The third-order valence-electron chi connectivity index (χ3n) is 3.90. The lowest BCUT2D eigenvalue weighted by Crippen LogP contribution is -2.36. The van der Waals surface area contributed by atoms with Gasteiger partial charge in [-0.05, 0) is 26.2 Å². The van der Waals surface area contributed by atoms with E-state index in [0.717, 1.165) is 37.3 Å². The first-order valence-electron chi connectivity index (χ1n) is 6.92. The van der Waals surface area contributed by atoms with E-state index >= 15 is 0 Å². The number of nitrogens with one attached hydrogen (secondary N) is 1. The van der Waals surface area contributed by atoms with Gasteiger partial charge in [0, 0.05) is 18.4 Å². The first-order chi connectivity index (χ1) is 9.04. The Balaban J connectivity index is 2.16. The molecule has 0 aromatic carbocycles. The van der Waals surface area contributed by atoms with Crippen molar-refractivity contribution in [3.63, 3.8) is 0 Å². The molecule has 0 radical (unpaired) electrons. The molecule has 1 aromatic heterocycles. The molecule has 1 fully saturated rings. The summed E-state index contributed by atoms with van der Waals surface area (Å²) in [5.74, 6) is 1.18. The Morgan fingerprint density at radius 3 is 3.05 bits per heavy atom. The van der Waals surface area contributed by atoms with Crippen LogP contribution in [0.4, 0.5) is 0 Å². The lowest BCUT2D eigenvalue weighted by Gasteiger charge is -2.24. The second-order valence-electron chi connectivity index (χ2n) is 5.27. The van der Waals surface area contributed by atoms with Crippen LogP contribution >= 0.6 is 7.55 Å². The largest absolute Gasteiger partial charge is 0.344 e. The molecule has 0 aliphatic carbocycles. The average Bonchev–Trinajstić information content (AvgIpc) is 3.04. The van der Waals surface area contributed by atoms with E-state index < -0.39 is 7.55 Å². The zero-order valence-corrected chi connectivity index (χ0v) is 12.9. The fraction of sp³-hybridized carbons (Fsp3) is 0.643. The molecule has 3 unspecified atom stereocenters. The van der Waals surface area contributed by atoms with E-state index in [-0.39, 0.29) is 17.6 Å². The molecule has 0 spiro atoms. The number of aromatic nitrogens is 2. The quantitative estimate of drug-likeness (QED) is 0.862. The van der Waals surface area contributed by atoms with Crippen molar-refractivity contribution >= 4 is 19.8 Å². The number of aromatic amines is 1. The zero-order chi connectivity index (χ0) is 14.0. The van der Waals surface area contributed by atoms with Gasteiger partial charge in [-0.25, -0.2) is 4.98 Å². The summed E-state index contributed by atoms with van der Waals surface area (Å²) in [6.07, 6.45) is 8.94. The van der Waals surface area contributed by atoms with Crippen LogP contribution in [0, 0.1) is 0 Å². The molecule has 0 bridgehead atoms. The lowest BCUT2D eigenvalue weighted by atomic mass is 10.2. The van der Waals surface area contributed by atoms with E-state index in [2.05, 4.69) is 29.9 Å². The standard InChI is InChI=1S/C14H23N3OP/c1-5-11-9-15-13(16-11)12-7-6-8-17(12)14(18)10(2)19(3)4/h9-10,12H,3,5-8H2,1-2,4H3,(H,15,16)/q+1. The van der Waals surface area contributed by atoms with Gasteiger partial charge < -0.3 is 9.88 Å². The summed E-state index contributed by atoms with van der Waals surface area (Å²) in [5, 5.41) is 0. The van der Waals surface area contributed by atoms with Crippen LogP contribution in [0.1, 0.15) is 44.2 Å². The molecule has 2 rings (SSSR count). The van der Waals surface area contributed by atoms with Crippen LogP contribution in [0.15, 0.2) is 6.20 Å². The monoisotopic (exact) mass is 280 g/mol. The molecule has 1 aliphatic heterocycles. The highest BCUT2D eigenvalue weighted by molar-refractivity contribution is 7.56. The van der Waals surface area contributed by atoms with E-state index in [4.69, 9.17) is 0 Å². The molecule has 4 nitrogen and oxygen atoms in total. The number of H-pyrrole nitrogens is 1. The highest BCUT2D eigenvalue weighted by atomic mass is 31.1. The van der Waals surface area contributed by atoms with Gasteiger partial charge in [-0.15, -0.1) is 0 Å². The lowest BCUT2D eigenvalue weighted by molar-refractivity contribution is -0.131. The average molecular weight is 280 g/mol. The number of aryl methyl sites for hydroxylation is 1. The van der Waals surface area contributed by atoms with Gasteiger partial charge in [-0.2, -0.15) is 0 Å². The van der Waals surface area contributed by atoms with Crippen molar-refractivity contribution in [3.8, 4) is 0 Å². The van der Waals surface area contributed by atoms with Crippen molar-refractivity contribution < 1.29 is 4.79 Å². The maximum atomic E-state index is 12.5. The van der Waals surface area contributed by atoms with Crippen LogP contribution in [0.5, 0.6) is 0 Å². The summed E-state index contributed by atoms with van der Waals surface area (Å²) >= 11 is 0. The Morgan fingerprint density at radius 1 is 1.74 bits per heavy atom. The minimum absolute atomic E-state index is 0.0382. The highest BCUT2D eigenvalue weighted by Crippen LogP contribution is 2.34. The number of rotatable bonds is 4. The summed E-state index contributed by atoms with van der Waals surface area (Å²) in [5.41, 5.74) is 1.17. The number of nitrogens with zero attached hydrogens (tertiary/aromatic N) is 2. The maximum Gasteiger partial charge on any atom is 0.270 e. The topological polar surface area (TPSA) is 49.0 Å². The van der Waals surface area contributed by atoms with E-state index in [9.17, 15) is 4.79 Å². The third-order valence-corrected chi connectivity index (χ3v) is 5.44. The number of carbonyl (C=O) groups is 1. The zero-order valence-electron chi connectivity index (χ0n) is 12.0. The third kappa shape index (κ3) is 2.89. The molecule has 5 heteroatoms. The maximum absolute atomic E-state index is 12.5. The fourth-order valence-electron chi connectivity index (χ4n) is 2.47. The fourth-order valence-corrected chi connectivity index (χ4v) is 2.99. The Hall–Kier alpha value is -1.15. The van der Waals surface area contributed by atoms with Gasteiger partial charge in [-0.3, -0.25) is 4.79 Å². The van der Waals surface area contributed by atoms with Crippen molar-refractivity contribution in [1.29, 1.82) is 0 Å². The molecule has 3 atom stereocenters. The van der Waals surface area contributed by atoms with E-state index in [0.29, 0.717) is 0 Å². The van der Waals surface area contributed by atoms with Crippen LogP contribution in [0.25, 0.3) is 0 Å². The molecule has 1 saturated heterocycles. The molecular weight excluding hydrogens is 257 g/mol. The number of amides is 1. The molecular formula is C14H23N3OP+. The van der Waals surface area contributed by atoms with Crippen LogP contribution in [-0.2, 0) is 11.2 Å². The number of hydrogen-bond acceptors (Lipinski definition) is 2. The molecule has 19 heavy (non-hydrogen) atoms. The van der Waals surface area contributed by atoms with E-state index in [1.165, 1.54) is 0 Å². The van der Waals surface area contributed by atoms with Crippen LogP contribution in [0.3, 0.4) is 0 Å². The number of carbonyl (C=O) groups excluding carboxylic acids is 1. The summed E-state index contributed by atoms with van der Waals surface area (Å²) in [6.45, 7) is 7.00. The Morgan fingerprint density at radius 2 is 2.47 bits per heavy atom. The first kappa shape index (κ1) is 14.3. The number of likely N-dealkylation sites (tertiary alicyclic amines) is 1. The first-order valence-corrected chi connectivity index (χ1v) is 8.96. The molecule has 1 aliphatic rings. The summed E-state index contributed by atoms with van der Waals surface area (Å²) in [7, 11) is -0.475. The van der Waals surface area contributed by atoms with Crippen LogP contribution < -0.4 is 0 Å². The molecule has 104 valence electrons. The van der Waals surface area contributed by atoms with Crippen LogP contribution in [0.2, 0.25) is 0 Å². The van der Waals surface area contributed by atoms with Crippen molar-refractivity contribution in [2.45, 2.75) is 44.8 Å². The van der Waals surface area contributed by atoms with E-state index in [1.54, 1.807) is 0 Å². The van der Waals surface area contributed by atoms with Crippen molar-refractivity contribution in [1.82, 2.24) is 14.9 Å². The summed E-state index contributed by atoms with van der Waals surface area (Å²) in [6, 6.07) is 0.130. The molecule has 2 heterocycles. The van der Waals surface area contributed by atoms with Gasteiger partial charge >= 0.3 is 0 Å². The van der Waals surface area contributed by atoms with E-state index in [1.807, 2.05) is 18.0 Å². The van der Waals surface area contributed by atoms with Crippen molar-refractivity contribution in [2.24, 2.45) is 0 Å². The minimum atomic E-state index is -0.475. The molecule has 1 N–H and O–H groups in total. The van der Waals surface area contributed by atoms with Crippen molar-refractivity contribution in [2.75, 3.05) is 13.2 Å². The molecule has 0 saturated carbocycles. The SMILES string of the molecule is C=[P+](C)C(C)C(=O)N1CCCC1c1ncc(CC)[nH]1. The van der Waals surface area contributed by atoms with Crippen molar-refractivity contribution in [3.05, 3.63) is 17.7 Å². The highest BCUT2D eigenvalue weighted by Gasteiger charge is 2.36. The normalized spacial score (nSPS) is 21.5. The van der Waals surface area contributed by atoms with Gasteiger partial charge in [0.05, 0.1) is 26.6 Å². The minimum Gasteiger partial charge on any atom is -0.344 e.